The number of pyridine rings is 1. The van der Waals surface area contributed by atoms with E-state index in [9.17, 15) is 18.3 Å². The van der Waals surface area contributed by atoms with E-state index in [2.05, 4.69) is 4.98 Å². The van der Waals surface area contributed by atoms with Crippen molar-refractivity contribution in [2.24, 2.45) is 0 Å². The number of alkyl halides is 3. The summed E-state index contributed by atoms with van der Waals surface area (Å²) in [6.45, 7) is 2.89. The first kappa shape index (κ1) is 14.1. The number of hydrogen-bond donors (Lipinski definition) is 1. The van der Waals surface area contributed by atoms with E-state index in [0.29, 0.717) is 31.7 Å². The third kappa shape index (κ3) is 3.59. The lowest BCUT2D eigenvalue weighted by Gasteiger charge is -2.23. The van der Waals surface area contributed by atoms with Crippen LogP contribution in [0.3, 0.4) is 0 Å². The van der Waals surface area contributed by atoms with Gasteiger partial charge in [0.2, 0.25) is 0 Å². The predicted octanol–water partition coefficient (Wildman–Crippen LogP) is 2.84. The summed E-state index contributed by atoms with van der Waals surface area (Å²) in [6, 6.07) is 2.04. The molecule has 3 nitrogen and oxygen atoms in total. The van der Waals surface area contributed by atoms with Crippen LogP contribution in [0.4, 0.5) is 19.0 Å². The van der Waals surface area contributed by atoms with Gasteiger partial charge in [-0.3, -0.25) is 0 Å². The van der Waals surface area contributed by atoms with Crippen LogP contribution in [0.15, 0.2) is 18.3 Å². The van der Waals surface area contributed by atoms with Crippen molar-refractivity contribution in [1.29, 1.82) is 0 Å². The molecule has 0 saturated carbocycles. The highest BCUT2D eigenvalue weighted by Gasteiger charge is 2.32. The first-order valence-corrected chi connectivity index (χ1v) is 6.28. The Kier molecular flexibility index (Phi) is 3.71. The normalized spacial score (nSPS) is 25.2. The number of nitrogens with zero attached hydrogens (tertiary/aromatic N) is 2. The van der Waals surface area contributed by atoms with E-state index in [1.807, 2.05) is 0 Å². The molecule has 106 valence electrons. The molecule has 0 spiro atoms. The number of halogens is 3. The quantitative estimate of drug-likeness (QED) is 0.855. The van der Waals surface area contributed by atoms with Gasteiger partial charge in [0, 0.05) is 19.3 Å². The van der Waals surface area contributed by atoms with Gasteiger partial charge in [-0.1, -0.05) is 0 Å². The fourth-order valence-corrected chi connectivity index (χ4v) is 2.26. The SMILES string of the molecule is CC1(O)CCCN(c2cc(C(F)(F)F)ccn2)CC1. The second-order valence-electron chi connectivity index (χ2n) is 5.24. The molecule has 1 aliphatic rings. The lowest BCUT2D eigenvalue weighted by molar-refractivity contribution is -0.137. The summed E-state index contributed by atoms with van der Waals surface area (Å²) >= 11 is 0. The number of aliphatic hydroxyl groups is 1. The molecule has 19 heavy (non-hydrogen) atoms. The molecule has 2 heterocycles. The number of rotatable bonds is 1. The highest BCUT2D eigenvalue weighted by atomic mass is 19.4. The van der Waals surface area contributed by atoms with E-state index >= 15 is 0 Å². The van der Waals surface area contributed by atoms with Crippen LogP contribution in [0.5, 0.6) is 0 Å². The predicted molar refractivity (Wildman–Crippen MR) is 65.9 cm³/mol. The van der Waals surface area contributed by atoms with Crippen molar-refractivity contribution in [1.82, 2.24) is 4.98 Å². The van der Waals surface area contributed by atoms with E-state index in [1.54, 1.807) is 11.8 Å². The Morgan fingerprint density at radius 1 is 1.32 bits per heavy atom. The van der Waals surface area contributed by atoms with Crippen LogP contribution in [-0.4, -0.2) is 28.8 Å². The van der Waals surface area contributed by atoms with Gasteiger partial charge in [0.15, 0.2) is 0 Å². The average Bonchev–Trinajstić information content (AvgIpc) is 2.49. The summed E-state index contributed by atoms with van der Waals surface area (Å²) in [5.74, 6) is 0.326. The highest BCUT2D eigenvalue weighted by Crippen LogP contribution is 2.31. The molecule has 1 aliphatic heterocycles. The van der Waals surface area contributed by atoms with Crippen LogP contribution in [-0.2, 0) is 6.18 Å². The minimum Gasteiger partial charge on any atom is -0.390 e. The van der Waals surface area contributed by atoms with Gasteiger partial charge in [0.1, 0.15) is 5.82 Å². The first-order chi connectivity index (χ1) is 8.78. The molecule has 0 aliphatic carbocycles. The molecule has 1 aromatic heterocycles. The Morgan fingerprint density at radius 2 is 2.05 bits per heavy atom. The van der Waals surface area contributed by atoms with Crippen molar-refractivity contribution in [3.05, 3.63) is 23.9 Å². The van der Waals surface area contributed by atoms with Gasteiger partial charge in [-0.2, -0.15) is 13.2 Å². The molecular formula is C13H17F3N2O. The van der Waals surface area contributed by atoms with Gasteiger partial charge in [0.25, 0.3) is 0 Å². The van der Waals surface area contributed by atoms with Gasteiger partial charge in [-0.05, 0) is 38.3 Å². The van der Waals surface area contributed by atoms with Crippen molar-refractivity contribution in [2.75, 3.05) is 18.0 Å². The van der Waals surface area contributed by atoms with E-state index in [0.717, 1.165) is 18.6 Å². The van der Waals surface area contributed by atoms with Crippen LogP contribution in [0.2, 0.25) is 0 Å². The van der Waals surface area contributed by atoms with Gasteiger partial charge < -0.3 is 10.0 Å². The number of aromatic nitrogens is 1. The zero-order valence-electron chi connectivity index (χ0n) is 10.7. The van der Waals surface area contributed by atoms with Gasteiger partial charge in [-0.25, -0.2) is 4.98 Å². The second-order valence-corrected chi connectivity index (χ2v) is 5.24. The molecule has 1 N–H and O–H groups in total. The van der Waals surface area contributed by atoms with Crippen molar-refractivity contribution in [3.63, 3.8) is 0 Å². The fraction of sp³-hybridized carbons (Fsp3) is 0.615. The molecule has 1 unspecified atom stereocenters. The Balaban J connectivity index is 2.18. The number of hydrogen-bond acceptors (Lipinski definition) is 3. The van der Waals surface area contributed by atoms with Gasteiger partial charge >= 0.3 is 6.18 Å². The molecule has 1 aromatic rings. The average molecular weight is 274 g/mol. The molecule has 6 heteroatoms. The molecule has 1 saturated heterocycles. The summed E-state index contributed by atoms with van der Waals surface area (Å²) in [4.78, 5) is 5.81. The largest absolute Gasteiger partial charge is 0.416 e. The summed E-state index contributed by atoms with van der Waals surface area (Å²) in [5, 5.41) is 9.98. The minimum absolute atomic E-state index is 0.326. The Labute approximate surface area is 110 Å². The van der Waals surface area contributed by atoms with Crippen LogP contribution in [0, 0.1) is 0 Å². The Morgan fingerprint density at radius 3 is 2.74 bits per heavy atom. The monoisotopic (exact) mass is 274 g/mol. The van der Waals surface area contributed by atoms with E-state index in [1.165, 1.54) is 6.20 Å². The van der Waals surface area contributed by atoms with Gasteiger partial charge in [0.05, 0.1) is 11.2 Å². The topological polar surface area (TPSA) is 36.4 Å². The molecule has 1 fully saturated rings. The highest BCUT2D eigenvalue weighted by molar-refractivity contribution is 5.42. The van der Waals surface area contributed by atoms with Crippen LogP contribution in [0.1, 0.15) is 31.7 Å². The first-order valence-electron chi connectivity index (χ1n) is 6.28. The van der Waals surface area contributed by atoms with E-state index < -0.39 is 17.3 Å². The zero-order valence-corrected chi connectivity index (χ0v) is 10.7. The summed E-state index contributed by atoms with van der Waals surface area (Å²) in [6.07, 6.45) is -1.24. The maximum absolute atomic E-state index is 12.7. The lowest BCUT2D eigenvalue weighted by atomic mass is 9.98. The smallest absolute Gasteiger partial charge is 0.390 e. The summed E-state index contributed by atoms with van der Waals surface area (Å²) in [5.41, 5.74) is -1.43. The minimum atomic E-state index is -4.35. The van der Waals surface area contributed by atoms with E-state index in [4.69, 9.17) is 0 Å². The van der Waals surface area contributed by atoms with Crippen LogP contribution in [0.25, 0.3) is 0 Å². The van der Waals surface area contributed by atoms with Crippen molar-refractivity contribution in [2.45, 2.75) is 38.0 Å². The summed E-state index contributed by atoms with van der Waals surface area (Å²) in [7, 11) is 0. The molecule has 1 atom stereocenters. The maximum Gasteiger partial charge on any atom is 0.416 e. The standard InChI is InChI=1S/C13H17F3N2O/c1-12(19)4-2-7-18(8-5-12)11-9-10(3-6-17-11)13(14,15)16/h3,6,9,19H,2,4-5,7-8H2,1H3. The maximum atomic E-state index is 12.7. The molecule has 0 bridgehead atoms. The lowest BCUT2D eigenvalue weighted by Crippen LogP contribution is -2.29. The molecular weight excluding hydrogens is 257 g/mol. The number of anilines is 1. The van der Waals surface area contributed by atoms with Crippen molar-refractivity contribution in [3.8, 4) is 0 Å². The Bertz CT molecular complexity index is 446. The second kappa shape index (κ2) is 5.00. The third-order valence-electron chi connectivity index (χ3n) is 3.46. The van der Waals surface area contributed by atoms with E-state index in [-0.39, 0.29) is 0 Å². The molecule has 0 radical (unpaired) electrons. The molecule has 0 amide bonds. The third-order valence-corrected chi connectivity index (χ3v) is 3.46. The summed E-state index contributed by atoms with van der Waals surface area (Å²) < 4.78 is 38.0. The molecule has 2 rings (SSSR count). The van der Waals surface area contributed by atoms with Crippen LogP contribution >= 0.6 is 0 Å². The van der Waals surface area contributed by atoms with Crippen molar-refractivity contribution >= 4 is 5.82 Å². The van der Waals surface area contributed by atoms with Gasteiger partial charge in [-0.15, -0.1) is 0 Å². The molecule has 0 aromatic carbocycles. The fourth-order valence-electron chi connectivity index (χ4n) is 2.26. The van der Waals surface area contributed by atoms with Crippen molar-refractivity contribution < 1.29 is 18.3 Å². The zero-order chi connectivity index (χ0) is 14.1. The Hall–Kier alpha value is -1.30. The van der Waals surface area contributed by atoms with Crippen LogP contribution < -0.4 is 4.90 Å².